The third-order valence-electron chi connectivity index (χ3n) is 4.65. The van der Waals surface area contributed by atoms with Crippen molar-refractivity contribution in [3.05, 3.63) is 101 Å². The molecule has 29 heavy (non-hydrogen) atoms. The van der Waals surface area contributed by atoms with Crippen molar-refractivity contribution in [2.45, 2.75) is 18.9 Å². The number of rotatable bonds is 8. The first-order valence-electron chi connectivity index (χ1n) is 9.32. The third kappa shape index (κ3) is 5.29. The van der Waals surface area contributed by atoms with Crippen LogP contribution in [0.4, 0.5) is 4.39 Å². The normalized spacial score (nSPS) is 11.5. The molecule has 0 aromatic heterocycles. The molecule has 1 atom stereocenters. The molecule has 1 unspecified atom stereocenters. The van der Waals surface area contributed by atoms with Gasteiger partial charge in [0, 0.05) is 12.0 Å². The average Bonchev–Trinajstić information content (AvgIpc) is 2.74. The fourth-order valence-electron chi connectivity index (χ4n) is 3.14. The molecule has 0 heterocycles. The maximum Gasteiger partial charge on any atom is 0.254 e. The molecule has 0 fully saturated rings. The summed E-state index contributed by atoms with van der Waals surface area (Å²) >= 11 is 0. The Kier molecular flexibility index (Phi) is 6.74. The zero-order valence-corrected chi connectivity index (χ0v) is 16.1. The summed E-state index contributed by atoms with van der Waals surface area (Å²) in [4.78, 5) is 25.7. The summed E-state index contributed by atoms with van der Waals surface area (Å²) in [6.07, 6.45) is 0.411. The van der Waals surface area contributed by atoms with Crippen LogP contribution in [-0.2, 0) is 17.6 Å². The molecule has 0 aliphatic carbocycles. The van der Waals surface area contributed by atoms with Gasteiger partial charge in [0.1, 0.15) is 11.6 Å². The van der Waals surface area contributed by atoms with Crippen LogP contribution in [0.1, 0.15) is 21.5 Å². The van der Waals surface area contributed by atoms with E-state index in [1.54, 1.807) is 19.2 Å². The van der Waals surface area contributed by atoms with E-state index in [1.165, 1.54) is 18.2 Å². The van der Waals surface area contributed by atoms with E-state index in [4.69, 9.17) is 4.74 Å². The first kappa shape index (κ1) is 20.3. The molecule has 0 aliphatic rings. The van der Waals surface area contributed by atoms with E-state index >= 15 is 0 Å². The van der Waals surface area contributed by atoms with Crippen LogP contribution in [0.25, 0.3) is 0 Å². The van der Waals surface area contributed by atoms with Gasteiger partial charge in [0.05, 0.1) is 18.7 Å². The monoisotopic (exact) mass is 391 g/mol. The highest BCUT2D eigenvalue weighted by molar-refractivity contribution is 5.98. The highest BCUT2D eigenvalue weighted by Crippen LogP contribution is 2.19. The Bertz CT molecular complexity index is 988. The Labute approximate surface area is 169 Å². The lowest BCUT2D eigenvalue weighted by Crippen LogP contribution is -2.43. The van der Waals surface area contributed by atoms with Crippen LogP contribution in [0.15, 0.2) is 78.9 Å². The molecule has 148 valence electrons. The number of ether oxygens (including phenoxy) is 1. The number of hydrogen-bond acceptors (Lipinski definition) is 3. The van der Waals surface area contributed by atoms with E-state index in [0.29, 0.717) is 12.2 Å². The van der Waals surface area contributed by atoms with E-state index in [-0.39, 0.29) is 17.8 Å². The van der Waals surface area contributed by atoms with Gasteiger partial charge in [-0.1, -0.05) is 60.7 Å². The lowest BCUT2D eigenvalue weighted by Gasteiger charge is -2.19. The minimum Gasteiger partial charge on any atom is -0.496 e. The predicted octanol–water partition coefficient (Wildman–Crippen LogP) is 3.99. The molecule has 0 saturated carbocycles. The van der Waals surface area contributed by atoms with Crippen LogP contribution in [0.2, 0.25) is 0 Å². The van der Waals surface area contributed by atoms with Gasteiger partial charge in [-0.3, -0.25) is 9.59 Å². The number of Topliss-reactive ketones (excluding diaryl/α,β-unsaturated/α-hetero) is 1. The van der Waals surface area contributed by atoms with E-state index in [1.807, 2.05) is 48.5 Å². The fourth-order valence-corrected chi connectivity index (χ4v) is 3.14. The summed E-state index contributed by atoms with van der Waals surface area (Å²) in [6, 6.07) is 21.6. The highest BCUT2D eigenvalue weighted by Gasteiger charge is 2.24. The van der Waals surface area contributed by atoms with Crippen LogP contribution in [-0.4, -0.2) is 24.8 Å². The van der Waals surface area contributed by atoms with Gasteiger partial charge in [0.25, 0.3) is 5.91 Å². The molecule has 5 heteroatoms. The van der Waals surface area contributed by atoms with Gasteiger partial charge in [-0.25, -0.2) is 4.39 Å². The second kappa shape index (κ2) is 9.64. The number of ketones is 1. The molecule has 1 amide bonds. The number of amides is 1. The number of nitrogens with one attached hydrogen (secondary N) is 1. The van der Waals surface area contributed by atoms with Crippen LogP contribution < -0.4 is 10.1 Å². The third-order valence-corrected chi connectivity index (χ3v) is 4.65. The number of carbonyl (C=O) groups is 2. The molecule has 0 spiro atoms. The maximum absolute atomic E-state index is 14.0. The van der Waals surface area contributed by atoms with Crippen molar-refractivity contribution in [1.82, 2.24) is 5.32 Å². The van der Waals surface area contributed by atoms with E-state index < -0.39 is 17.8 Å². The molecule has 3 aromatic carbocycles. The van der Waals surface area contributed by atoms with Gasteiger partial charge >= 0.3 is 0 Å². The molecule has 4 nitrogen and oxygen atoms in total. The Balaban J connectivity index is 1.83. The van der Waals surface area contributed by atoms with Crippen LogP contribution >= 0.6 is 0 Å². The van der Waals surface area contributed by atoms with Crippen molar-refractivity contribution in [3.63, 3.8) is 0 Å². The van der Waals surface area contributed by atoms with Crippen LogP contribution in [0, 0.1) is 5.82 Å². The number of para-hydroxylation sites is 1. The van der Waals surface area contributed by atoms with Crippen molar-refractivity contribution < 1.29 is 18.7 Å². The summed E-state index contributed by atoms with van der Waals surface area (Å²) in [5.74, 6) is -0.805. The number of carbonyl (C=O) groups excluding carboxylic acids is 2. The average molecular weight is 391 g/mol. The zero-order valence-electron chi connectivity index (χ0n) is 16.1. The van der Waals surface area contributed by atoms with Crippen molar-refractivity contribution in [2.75, 3.05) is 7.11 Å². The SMILES string of the molecule is COc1ccccc1CC(=O)C(Cc1ccccc1)NC(=O)c1ccccc1F. The second-order valence-corrected chi connectivity index (χ2v) is 6.65. The summed E-state index contributed by atoms with van der Waals surface area (Å²) in [6.45, 7) is 0. The lowest BCUT2D eigenvalue weighted by atomic mass is 9.97. The second-order valence-electron chi connectivity index (χ2n) is 6.65. The molecular weight excluding hydrogens is 369 g/mol. The Hall–Kier alpha value is -3.47. The van der Waals surface area contributed by atoms with E-state index in [2.05, 4.69) is 5.32 Å². The Morgan fingerprint density at radius 3 is 2.31 bits per heavy atom. The van der Waals surface area contributed by atoms with Gasteiger partial charge in [-0.2, -0.15) is 0 Å². The minimum atomic E-state index is -0.797. The standard InChI is InChI=1S/C24H22FNO3/c1-29-23-14-8-5-11-18(23)16-22(27)21(15-17-9-3-2-4-10-17)26-24(28)19-12-6-7-13-20(19)25/h2-14,21H,15-16H2,1H3,(H,26,28). The van der Waals surface area contributed by atoms with Crippen LogP contribution in [0.3, 0.4) is 0 Å². The van der Waals surface area contributed by atoms with Crippen molar-refractivity contribution in [1.29, 1.82) is 0 Å². The van der Waals surface area contributed by atoms with Gasteiger partial charge in [-0.15, -0.1) is 0 Å². The molecule has 3 rings (SSSR count). The van der Waals surface area contributed by atoms with Gasteiger partial charge in [0.2, 0.25) is 0 Å². The van der Waals surface area contributed by atoms with Crippen LogP contribution in [0.5, 0.6) is 5.75 Å². The topological polar surface area (TPSA) is 55.4 Å². The summed E-state index contributed by atoms with van der Waals surface area (Å²) < 4.78 is 19.3. The number of methoxy groups -OCH3 is 1. The summed E-state index contributed by atoms with van der Waals surface area (Å²) in [7, 11) is 1.55. The van der Waals surface area contributed by atoms with E-state index in [9.17, 15) is 14.0 Å². The largest absolute Gasteiger partial charge is 0.496 e. The van der Waals surface area contributed by atoms with Gasteiger partial charge in [-0.05, 0) is 30.2 Å². The number of hydrogen-bond donors (Lipinski definition) is 1. The molecule has 0 radical (unpaired) electrons. The van der Waals surface area contributed by atoms with Crippen molar-refractivity contribution >= 4 is 11.7 Å². The number of halogens is 1. The molecule has 1 N–H and O–H groups in total. The predicted molar refractivity (Wildman–Crippen MR) is 110 cm³/mol. The first-order chi connectivity index (χ1) is 14.1. The van der Waals surface area contributed by atoms with Gasteiger partial charge < -0.3 is 10.1 Å². The zero-order chi connectivity index (χ0) is 20.6. The van der Waals surface area contributed by atoms with Crippen molar-refractivity contribution in [2.24, 2.45) is 0 Å². The highest BCUT2D eigenvalue weighted by atomic mass is 19.1. The quantitative estimate of drug-likeness (QED) is 0.632. The van der Waals surface area contributed by atoms with Gasteiger partial charge in [0.15, 0.2) is 5.78 Å². The smallest absolute Gasteiger partial charge is 0.254 e. The molecular formula is C24H22FNO3. The fraction of sp³-hybridized carbons (Fsp3) is 0.167. The first-order valence-corrected chi connectivity index (χ1v) is 9.32. The molecule has 0 bridgehead atoms. The molecule has 3 aromatic rings. The molecule has 0 saturated heterocycles. The lowest BCUT2D eigenvalue weighted by molar-refractivity contribution is -0.120. The summed E-state index contributed by atoms with van der Waals surface area (Å²) in [5, 5.41) is 2.71. The van der Waals surface area contributed by atoms with E-state index in [0.717, 1.165) is 11.1 Å². The Morgan fingerprint density at radius 2 is 1.59 bits per heavy atom. The molecule has 0 aliphatic heterocycles. The van der Waals surface area contributed by atoms with Crippen molar-refractivity contribution in [3.8, 4) is 5.75 Å². The minimum absolute atomic E-state index is 0.0874. The maximum atomic E-state index is 14.0. The summed E-state index contributed by atoms with van der Waals surface area (Å²) in [5.41, 5.74) is 1.55. The Morgan fingerprint density at radius 1 is 0.931 bits per heavy atom. The number of benzene rings is 3.